The first-order valence-electron chi connectivity index (χ1n) is 4.76. The fourth-order valence-corrected chi connectivity index (χ4v) is 1.80. The van der Waals surface area contributed by atoms with Gasteiger partial charge in [0.2, 0.25) is 0 Å². The van der Waals surface area contributed by atoms with E-state index in [0.29, 0.717) is 6.54 Å². The van der Waals surface area contributed by atoms with Gasteiger partial charge in [0, 0.05) is 0 Å². The first-order chi connectivity index (χ1) is 7.25. The third-order valence-electron chi connectivity index (χ3n) is 2.18. The Morgan fingerprint density at radius 3 is 2.87 bits per heavy atom. The highest BCUT2D eigenvalue weighted by Gasteiger charge is 2.08. The number of halogens is 1. The van der Waals surface area contributed by atoms with Crippen LogP contribution in [-0.2, 0) is 6.54 Å². The van der Waals surface area contributed by atoms with Crippen LogP contribution in [0, 0.1) is 3.77 Å². The van der Waals surface area contributed by atoms with E-state index in [1.165, 1.54) is 0 Å². The van der Waals surface area contributed by atoms with E-state index in [2.05, 4.69) is 34.8 Å². The highest BCUT2D eigenvalue weighted by molar-refractivity contribution is 14.1. The van der Waals surface area contributed by atoms with Crippen molar-refractivity contribution < 1.29 is 8.83 Å². The van der Waals surface area contributed by atoms with Crippen LogP contribution in [-0.4, -0.2) is 0 Å². The van der Waals surface area contributed by atoms with E-state index in [0.717, 1.165) is 15.3 Å². The molecule has 1 N–H and O–H groups in total. The number of furan rings is 2. The Bertz CT molecular complexity index is 408. The van der Waals surface area contributed by atoms with Crippen LogP contribution in [0.1, 0.15) is 24.5 Å². The highest BCUT2D eigenvalue weighted by atomic mass is 127. The second-order valence-electron chi connectivity index (χ2n) is 3.32. The van der Waals surface area contributed by atoms with E-state index >= 15 is 0 Å². The lowest BCUT2D eigenvalue weighted by atomic mass is 10.2. The zero-order valence-electron chi connectivity index (χ0n) is 8.37. The van der Waals surface area contributed by atoms with Crippen molar-refractivity contribution in [2.45, 2.75) is 19.5 Å². The zero-order valence-corrected chi connectivity index (χ0v) is 10.5. The van der Waals surface area contributed by atoms with E-state index in [-0.39, 0.29) is 6.04 Å². The van der Waals surface area contributed by atoms with Crippen LogP contribution in [0.15, 0.2) is 39.4 Å². The largest absolute Gasteiger partial charge is 0.468 e. The SMILES string of the molecule is C[C@@H](NCc1ccc(I)o1)c1ccco1. The average Bonchev–Trinajstić information content (AvgIpc) is 2.84. The minimum atomic E-state index is 0.197. The number of hydrogen-bond donors (Lipinski definition) is 1. The van der Waals surface area contributed by atoms with Crippen molar-refractivity contribution in [3.05, 3.63) is 45.8 Å². The number of rotatable bonds is 4. The van der Waals surface area contributed by atoms with Crippen LogP contribution in [0.25, 0.3) is 0 Å². The Balaban J connectivity index is 1.88. The van der Waals surface area contributed by atoms with Crippen molar-refractivity contribution in [1.82, 2.24) is 5.32 Å². The lowest BCUT2D eigenvalue weighted by Gasteiger charge is -2.09. The molecule has 0 fully saturated rings. The Hall–Kier alpha value is -0.750. The molecule has 1 atom stereocenters. The second kappa shape index (κ2) is 4.85. The predicted molar refractivity (Wildman–Crippen MR) is 65.4 cm³/mol. The normalized spacial score (nSPS) is 12.9. The molecule has 0 amide bonds. The third-order valence-corrected chi connectivity index (χ3v) is 2.76. The predicted octanol–water partition coefficient (Wildman–Crippen LogP) is 3.33. The smallest absolute Gasteiger partial charge is 0.164 e. The summed E-state index contributed by atoms with van der Waals surface area (Å²) in [5.41, 5.74) is 0. The van der Waals surface area contributed by atoms with Gasteiger partial charge >= 0.3 is 0 Å². The molecule has 3 nitrogen and oxygen atoms in total. The van der Waals surface area contributed by atoms with Crippen molar-refractivity contribution >= 4 is 22.6 Å². The Morgan fingerprint density at radius 1 is 1.40 bits per heavy atom. The molecular formula is C11H12INO2. The molecule has 0 aliphatic rings. The van der Waals surface area contributed by atoms with Gasteiger partial charge in [-0.3, -0.25) is 0 Å². The summed E-state index contributed by atoms with van der Waals surface area (Å²) in [6.07, 6.45) is 1.68. The second-order valence-corrected chi connectivity index (χ2v) is 4.39. The molecule has 80 valence electrons. The molecule has 0 spiro atoms. The van der Waals surface area contributed by atoms with E-state index in [4.69, 9.17) is 8.83 Å². The topological polar surface area (TPSA) is 38.3 Å². The van der Waals surface area contributed by atoms with Crippen LogP contribution in [0.2, 0.25) is 0 Å². The molecule has 0 unspecified atom stereocenters. The standard InChI is InChI=1S/C11H12INO2/c1-8(10-3-2-6-14-10)13-7-9-4-5-11(12)15-9/h2-6,8,13H,7H2,1H3/t8-/m1/s1. The van der Waals surface area contributed by atoms with E-state index in [9.17, 15) is 0 Å². The minimum absolute atomic E-state index is 0.197. The maximum Gasteiger partial charge on any atom is 0.164 e. The molecule has 2 aromatic rings. The molecule has 4 heteroatoms. The summed E-state index contributed by atoms with van der Waals surface area (Å²) in [5, 5.41) is 3.32. The van der Waals surface area contributed by atoms with Crippen molar-refractivity contribution in [2.24, 2.45) is 0 Å². The lowest BCUT2D eigenvalue weighted by molar-refractivity contribution is 0.402. The van der Waals surface area contributed by atoms with Gasteiger partial charge in [-0.25, -0.2) is 0 Å². The summed E-state index contributed by atoms with van der Waals surface area (Å²) < 4.78 is 11.7. The molecule has 0 saturated carbocycles. The minimum Gasteiger partial charge on any atom is -0.468 e. The van der Waals surface area contributed by atoms with Gasteiger partial charge in [0.1, 0.15) is 11.5 Å². The molecule has 0 saturated heterocycles. The van der Waals surface area contributed by atoms with Crippen LogP contribution in [0.5, 0.6) is 0 Å². The van der Waals surface area contributed by atoms with Gasteiger partial charge in [-0.1, -0.05) is 0 Å². The molecule has 2 aromatic heterocycles. The first-order valence-corrected chi connectivity index (χ1v) is 5.84. The summed E-state index contributed by atoms with van der Waals surface area (Å²) in [7, 11) is 0. The fraction of sp³-hybridized carbons (Fsp3) is 0.273. The molecule has 2 rings (SSSR count). The lowest BCUT2D eigenvalue weighted by Crippen LogP contribution is -2.17. The number of hydrogen-bond acceptors (Lipinski definition) is 3. The maximum atomic E-state index is 5.44. The number of nitrogens with one attached hydrogen (secondary N) is 1. The summed E-state index contributed by atoms with van der Waals surface area (Å²) in [4.78, 5) is 0. The molecule has 0 bridgehead atoms. The molecule has 0 aliphatic heterocycles. The highest BCUT2D eigenvalue weighted by Crippen LogP contribution is 2.14. The average molecular weight is 317 g/mol. The molecule has 15 heavy (non-hydrogen) atoms. The van der Waals surface area contributed by atoms with Gasteiger partial charge in [0.15, 0.2) is 3.77 Å². The quantitative estimate of drug-likeness (QED) is 0.879. The zero-order chi connectivity index (χ0) is 10.7. The monoisotopic (exact) mass is 317 g/mol. The van der Waals surface area contributed by atoms with Crippen molar-refractivity contribution in [3.8, 4) is 0 Å². The first kappa shape index (κ1) is 10.8. The van der Waals surface area contributed by atoms with E-state index < -0.39 is 0 Å². The summed E-state index contributed by atoms with van der Waals surface area (Å²) in [5.74, 6) is 1.88. The summed E-state index contributed by atoms with van der Waals surface area (Å²) >= 11 is 2.16. The summed E-state index contributed by atoms with van der Waals surface area (Å²) in [6, 6.07) is 7.98. The molecule has 2 heterocycles. The van der Waals surface area contributed by atoms with Crippen molar-refractivity contribution in [3.63, 3.8) is 0 Å². The Labute approximate surface area is 102 Å². The van der Waals surface area contributed by atoms with Gasteiger partial charge in [-0.15, -0.1) is 0 Å². The molecule has 0 aromatic carbocycles. The molecule has 0 radical (unpaired) electrons. The van der Waals surface area contributed by atoms with E-state index in [1.807, 2.05) is 24.3 Å². The molecular weight excluding hydrogens is 305 g/mol. The van der Waals surface area contributed by atoms with Crippen LogP contribution >= 0.6 is 22.6 Å². The van der Waals surface area contributed by atoms with Crippen LogP contribution in [0.4, 0.5) is 0 Å². The van der Waals surface area contributed by atoms with E-state index in [1.54, 1.807) is 6.26 Å². The van der Waals surface area contributed by atoms with Crippen LogP contribution in [0.3, 0.4) is 0 Å². The van der Waals surface area contributed by atoms with Crippen molar-refractivity contribution in [1.29, 1.82) is 0 Å². The summed E-state index contributed by atoms with van der Waals surface area (Å²) in [6.45, 7) is 2.78. The fourth-order valence-electron chi connectivity index (χ4n) is 1.34. The van der Waals surface area contributed by atoms with Crippen LogP contribution < -0.4 is 5.32 Å². The van der Waals surface area contributed by atoms with Gasteiger partial charge < -0.3 is 14.2 Å². The Kier molecular flexibility index (Phi) is 3.48. The van der Waals surface area contributed by atoms with Gasteiger partial charge in [0.05, 0.1) is 18.8 Å². The van der Waals surface area contributed by atoms with Gasteiger partial charge in [0.25, 0.3) is 0 Å². The van der Waals surface area contributed by atoms with Crippen molar-refractivity contribution in [2.75, 3.05) is 0 Å². The van der Waals surface area contributed by atoms with Gasteiger partial charge in [-0.05, 0) is 53.8 Å². The molecule has 0 aliphatic carbocycles. The maximum absolute atomic E-state index is 5.44. The van der Waals surface area contributed by atoms with Gasteiger partial charge in [-0.2, -0.15) is 0 Å². The third kappa shape index (κ3) is 2.85. The Morgan fingerprint density at radius 2 is 2.27 bits per heavy atom.